The second-order valence-corrected chi connectivity index (χ2v) is 4.01. The first-order chi connectivity index (χ1) is 7.65. The van der Waals surface area contributed by atoms with E-state index in [4.69, 9.17) is 5.26 Å². The van der Waals surface area contributed by atoms with Crippen LogP contribution in [0, 0.1) is 17.1 Å². The average Bonchev–Trinajstić information content (AvgIpc) is 2.28. The fourth-order valence-corrected chi connectivity index (χ4v) is 1.90. The Morgan fingerprint density at radius 1 is 1.56 bits per heavy atom. The van der Waals surface area contributed by atoms with Gasteiger partial charge in [-0.2, -0.15) is 5.26 Å². The van der Waals surface area contributed by atoms with Gasteiger partial charge in [0.1, 0.15) is 5.82 Å². The Bertz CT molecular complexity index is 428. The smallest absolute Gasteiger partial charge is 0.315 e. The Balaban J connectivity index is 2.57. The zero-order valence-electron chi connectivity index (χ0n) is 8.70. The Kier molecular flexibility index (Phi) is 4.80. The van der Waals surface area contributed by atoms with E-state index in [2.05, 4.69) is 4.74 Å². The highest BCUT2D eigenvalue weighted by Gasteiger charge is 2.03. The molecule has 0 radical (unpaired) electrons. The van der Waals surface area contributed by atoms with Crippen LogP contribution in [0.4, 0.5) is 4.39 Å². The van der Waals surface area contributed by atoms with E-state index in [1.165, 1.54) is 31.0 Å². The molecule has 0 saturated carbocycles. The van der Waals surface area contributed by atoms with Crippen molar-refractivity contribution in [3.8, 4) is 6.07 Å². The van der Waals surface area contributed by atoms with Crippen LogP contribution >= 0.6 is 11.8 Å². The van der Waals surface area contributed by atoms with Gasteiger partial charge < -0.3 is 4.74 Å². The number of nitrogens with zero attached hydrogens (tertiary/aromatic N) is 1. The number of carbonyl (C=O) groups excluding carboxylic acids is 1. The maximum absolute atomic E-state index is 13.0. The molecule has 16 heavy (non-hydrogen) atoms. The first-order valence-electron chi connectivity index (χ1n) is 4.50. The van der Waals surface area contributed by atoms with Crippen molar-refractivity contribution >= 4 is 17.7 Å². The van der Waals surface area contributed by atoms with Gasteiger partial charge in [0.05, 0.1) is 24.5 Å². The number of halogens is 1. The van der Waals surface area contributed by atoms with Crippen LogP contribution < -0.4 is 0 Å². The zero-order chi connectivity index (χ0) is 12.0. The topological polar surface area (TPSA) is 50.1 Å². The Morgan fingerprint density at radius 2 is 2.31 bits per heavy atom. The van der Waals surface area contributed by atoms with Crippen molar-refractivity contribution < 1.29 is 13.9 Å². The summed E-state index contributed by atoms with van der Waals surface area (Å²) >= 11 is 1.32. The minimum absolute atomic E-state index is 0.217. The largest absolute Gasteiger partial charge is 0.468 e. The number of hydrogen-bond donors (Lipinski definition) is 0. The van der Waals surface area contributed by atoms with E-state index in [0.29, 0.717) is 11.3 Å². The predicted molar refractivity (Wildman–Crippen MR) is 59.3 cm³/mol. The van der Waals surface area contributed by atoms with Crippen molar-refractivity contribution in [3.05, 3.63) is 35.1 Å². The molecule has 0 aliphatic heterocycles. The molecule has 0 saturated heterocycles. The summed E-state index contributed by atoms with van der Waals surface area (Å²) in [5.41, 5.74) is 0.971. The van der Waals surface area contributed by atoms with Crippen LogP contribution in [0.2, 0.25) is 0 Å². The third-order valence-corrected chi connectivity index (χ3v) is 2.78. The molecule has 0 atom stereocenters. The van der Waals surface area contributed by atoms with E-state index < -0.39 is 5.82 Å². The zero-order valence-corrected chi connectivity index (χ0v) is 9.51. The fraction of sp³-hybridized carbons (Fsp3) is 0.273. The van der Waals surface area contributed by atoms with Gasteiger partial charge in [-0.25, -0.2) is 4.39 Å². The molecular formula is C11H10FNO2S. The predicted octanol–water partition coefficient (Wildman–Crippen LogP) is 2.10. The van der Waals surface area contributed by atoms with E-state index in [0.717, 1.165) is 0 Å². The molecule has 3 nitrogen and oxygen atoms in total. The summed E-state index contributed by atoms with van der Waals surface area (Å²) in [4.78, 5) is 10.8. The fourth-order valence-electron chi connectivity index (χ4n) is 1.11. The number of hydrogen-bond acceptors (Lipinski definition) is 4. The number of ether oxygens (including phenoxy) is 1. The minimum atomic E-state index is -0.437. The molecule has 0 aliphatic rings. The molecule has 0 bridgehead atoms. The Labute approximate surface area is 97.2 Å². The lowest BCUT2D eigenvalue weighted by Crippen LogP contribution is -2.03. The van der Waals surface area contributed by atoms with Crippen molar-refractivity contribution in [2.24, 2.45) is 0 Å². The molecule has 0 aliphatic carbocycles. The number of nitriles is 1. The maximum atomic E-state index is 13.0. The van der Waals surface area contributed by atoms with Gasteiger partial charge >= 0.3 is 5.97 Å². The molecule has 84 valence electrons. The summed E-state index contributed by atoms with van der Waals surface area (Å²) < 4.78 is 17.5. The van der Waals surface area contributed by atoms with Crippen molar-refractivity contribution in [1.29, 1.82) is 5.26 Å². The first kappa shape index (κ1) is 12.5. The van der Waals surface area contributed by atoms with Crippen LogP contribution in [0.25, 0.3) is 0 Å². The second kappa shape index (κ2) is 6.13. The minimum Gasteiger partial charge on any atom is -0.468 e. The molecule has 1 aromatic carbocycles. The van der Waals surface area contributed by atoms with Crippen LogP contribution in [-0.2, 0) is 15.3 Å². The highest BCUT2D eigenvalue weighted by molar-refractivity contribution is 7.99. The van der Waals surface area contributed by atoms with Gasteiger partial charge in [-0.15, -0.1) is 11.8 Å². The van der Waals surface area contributed by atoms with Gasteiger partial charge in [0.2, 0.25) is 0 Å². The molecule has 0 fully saturated rings. The third kappa shape index (κ3) is 3.91. The number of rotatable bonds is 4. The van der Waals surface area contributed by atoms with Gasteiger partial charge in [-0.1, -0.05) is 0 Å². The lowest BCUT2D eigenvalue weighted by molar-refractivity contribution is -0.137. The quantitative estimate of drug-likeness (QED) is 0.755. The highest BCUT2D eigenvalue weighted by atomic mass is 32.2. The lowest BCUT2D eigenvalue weighted by Gasteiger charge is -2.02. The monoisotopic (exact) mass is 239 g/mol. The maximum Gasteiger partial charge on any atom is 0.315 e. The van der Waals surface area contributed by atoms with E-state index in [9.17, 15) is 9.18 Å². The van der Waals surface area contributed by atoms with Crippen LogP contribution in [0.1, 0.15) is 11.1 Å². The normalized spacial score (nSPS) is 9.56. The number of benzene rings is 1. The van der Waals surface area contributed by atoms with Gasteiger partial charge in [-0.05, 0) is 23.8 Å². The standard InChI is InChI=1S/C11H10FNO2S/c1-15-11(14)7-16-6-9-2-8(5-13)3-10(12)4-9/h2-4H,6-7H2,1H3. The summed E-state index contributed by atoms with van der Waals surface area (Å²) in [5.74, 6) is -0.0641. The Hall–Kier alpha value is -1.54. The van der Waals surface area contributed by atoms with E-state index >= 15 is 0 Å². The van der Waals surface area contributed by atoms with Crippen molar-refractivity contribution in [2.45, 2.75) is 5.75 Å². The van der Waals surface area contributed by atoms with Gasteiger partial charge in [0, 0.05) is 5.75 Å². The van der Waals surface area contributed by atoms with Gasteiger partial charge in [-0.3, -0.25) is 4.79 Å². The molecule has 1 rings (SSSR count). The molecule has 0 aromatic heterocycles. The number of methoxy groups -OCH3 is 1. The molecular weight excluding hydrogens is 229 g/mol. The number of carbonyl (C=O) groups is 1. The molecule has 0 heterocycles. The van der Waals surface area contributed by atoms with Gasteiger partial charge in [0.15, 0.2) is 0 Å². The van der Waals surface area contributed by atoms with Crippen LogP contribution in [0.15, 0.2) is 18.2 Å². The number of esters is 1. The Morgan fingerprint density at radius 3 is 2.94 bits per heavy atom. The molecule has 0 unspecified atom stereocenters. The van der Waals surface area contributed by atoms with Crippen LogP contribution in [0.5, 0.6) is 0 Å². The SMILES string of the molecule is COC(=O)CSCc1cc(F)cc(C#N)c1. The number of thioether (sulfide) groups is 1. The van der Waals surface area contributed by atoms with Crippen molar-refractivity contribution in [1.82, 2.24) is 0 Å². The summed E-state index contributed by atoms with van der Waals surface area (Å²) in [6, 6.07) is 6.01. The molecule has 0 spiro atoms. The van der Waals surface area contributed by atoms with E-state index in [-0.39, 0.29) is 17.3 Å². The summed E-state index contributed by atoms with van der Waals surface area (Å²) in [6.07, 6.45) is 0. The second-order valence-electron chi connectivity index (χ2n) is 3.03. The van der Waals surface area contributed by atoms with Crippen LogP contribution in [-0.4, -0.2) is 18.8 Å². The van der Waals surface area contributed by atoms with Gasteiger partial charge in [0.25, 0.3) is 0 Å². The van der Waals surface area contributed by atoms with E-state index in [1.54, 1.807) is 6.07 Å². The van der Waals surface area contributed by atoms with E-state index in [1.807, 2.05) is 6.07 Å². The summed E-state index contributed by atoms with van der Waals surface area (Å²) in [5, 5.41) is 8.64. The van der Waals surface area contributed by atoms with Crippen LogP contribution in [0.3, 0.4) is 0 Å². The molecule has 0 amide bonds. The molecule has 1 aromatic rings. The molecule has 5 heteroatoms. The van der Waals surface area contributed by atoms with Crippen molar-refractivity contribution in [2.75, 3.05) is 12.9 Å². The first-order valence-corrected chi connectivity index (χ1v) is 5.65. The highest BCUT2D eigenvalue weighted by Crippen LogP contribution is 2.15. The average molecular weight is 239 g/mol. The molecule has 0 N–H and O–H groups in total. The van der Waals surface area contributed by atoms with Crippen molar-refractivity contribution in [3.63, 3.8) is 0 Å². The summed E-state index contributed by atoms with van der Waals surface area (Å²) in [7, 11) is 1.32. The third-order valence-electron chi connectivity index (χ3n) is 1.80. The lowest BCUT2D eigenvalue weighted by atomic mass is 10.1. The summed E-state index contributed by atoms with van der Waals surface area (Å²) in [6.45, 7) is 0.